The maximum absolute atomic E-state index is 13.1. The number of carbonyl (C=O) groups is 1. The largest absolute Gasteiger partial charge is 0.497 e. The molecule has 2 aromatic heterocycles. The minimum Gasteiger partial charge on any atom is -0.497 e. The molecule has 1 spiro atoms. The van der Waals surface area contributed by atoms with E-state index in [1.807, 2.05) is 55.8 Å². The quantitative estimate of drug-likeness (QED) is 0.296. The first-order valence-electron chi connectivity index (χ1n) is 12.4. The molecule has 0 radical (unpaired) electrons. The minimum atomic E-state index is -0.543. The van der Waals surface area contributed by atoms with Crippen molar-refractivity contribution in [2.75, 3.05) is 24.9 Å². The topological polar surface area (TPSA) is 106 Å². The molecule has 0 saturated heterocycles. The summed E-state index contributed by atoms with van der Waals surface area (Å²) in [6.07, 6.45) is 4.57. The van der Waals surface area contributed by atoms with E-state index in [4.69, 9.17) is 9.47 Å². The fourth-order valence-corrected chi connectivity index (χ4v) is 5.73. The van der Waals surface area contributed by atoms with Crippen molar-refractivity contribution in [1.82, 2.24) is 20.0 Å². The third-order valence-corrected chi connectivity index (χ3v) is 7.80. The lowest BCUT2D eigenvalue weighted by molar-refractivity contribution is -0.118. The summed E-state index contributed by atoms with van der Waals surface area (Å²) in [5.74, 6) is 2.32. The fourth-order valence-electron chi connectivity index (χ4n) is 5.73. The van der Waals surface area contributed by atoms with Crippen molar-refractivity contribution in [2.24, 2.45) is 7.05 Å². The van der Waals surface area contributed by atoms with Crippen LogP contribution in [0.5, 0.6) is 11.5 Å². The Bertz CT molecular complexity index is 1740. The van der Waals surface area contributed by atoms with E-state index in [0.29, 0.717) is 11.6 Å². The van der Waals surface area contributed by atoms with Crippen LogP contribution in [0, 0.1) is 0 Å². The van der Waals surface area contributed by atoms with Crippen LogP contribution in [0.4, 0.5) is 17.2 Å². The van der Waals surface area contributed by atoms with Crippen LogP contribution in [0.1, 0.15) is 23.5 Å². The predicted molar refractivity (Wildman–Crippen MR) is 145 cm³/mol. The van der Waals surface area contributed by atoms with E-state index in [9.17, 15) is 4.79 Å². The number of carbonyl (C=O) groups excluding carboxylic acids is 1. The van der Waals surface area contributed by atoms with Crippen LogP contribution in [-0.2, 0) is 17.3 Å². The molecule has 1 aliphatic heterocycles. The van der Waals surface area contributed by atoms with Crippen LogP contribution < -0.4 is 20.1 Å². The molecule has 1 aliphatic carbocycles. The number of H-pyrrole nitrogens is 1. The highest BCUT2D eigenvalue weighted by atomic mass is 16.5. The maximum atomic E-state index is 13.1. The first kappa shape index (κ1) is 22.4. The van der Waals surface area contributed by atoms with Crippen LogP contribution in [0.25, 0.3) is 22.0 Å². The molecular weight excluding hydrogens is 480 g/mol. The van der Waals surface area contributed by atoms with Crippen LogP contribution in [-0.4, -0.2) is 40.1 Å². The monoisotopic (exact) mass is 506 g/mol. The van der Waals surface area contributed by atoms with Crippen molar-refractivity contribution in [1.29, 1.82) is 0 Å². The summed E-state index contributed by atoms with van der Waals surface area (Å²) in [6.45, 7) is 0. The van der Waals surface area contributed by atoms with E-state index in [-0.39, 0.29) is 11.8 Å². The number of aromatic nitrogens is 4. The van der Waals surface area contributed by atoms with Gasteiger partial charge in [0.15, 0.2) is 5.82 Å². The van der Waals surface area contributed by atoms with Crippen LogP contribution >= 0.6 is 0 Å². The summed E-state index contributed by atoms with van der Waals surface area (Å²) in [7, 11) is 5.19. The number of hydrogen-bond donors (Lipinski definition) is 3. The number of anilines is 3. The number of aryl methyl sites for hydroxylation is 1. The highest BCUT2D eigenvalue weighted by Crippen LogP contribution is 2.65. The van der Waals surface area contributed by atoms with Crippen molar-refractivity contribution < 1.29 is 14.3 Å². The fraction of sp³-hybridized carbons (Fsp3) is 0.207. The van der Waals surface area contributed by atoms with Gasteiger partial charge >= 0.3 is 0 Å². The molecule has 2 aliphatic rings. The predicted octanol–water partition coefficient (Wildman–Crippen LogP) is 5.10. The lowest BCUT2D eigenvalue weighted by Gasteiger charge is -2.12. The molecule has 1 amide bonds. The van der Waals surface area contributed by atoms with E-state index in [0.717, 1.165) is 56.7 Å². The third-order valence-electron chi connectivity index (χ3n) is 7.80. The number of nitrogens with one attached hydrogen (secondary N) is 3. The molecular formula is C29H26N6O3. The molecule has 2 atom stereocenters. The summed E-state index contributed by atoms with van der Waals surface area (Å²) in [5.41, 5.74) is 6.19. The number of nitrogens with zero attached hydrogens (tertiary/aromatic N) is 3. The van der Waals surface area contributed by atoms with Crippen LogP contribution in [0.15, 0.2) is 67.0 Å². The molecule has 9 heteroatoms. The number of fused-ring (bicyclic) bond motifs is 3. The Morgan fingerprint density at radius 1 is 1.05 bits per heavy atom. The van der Waals surface area contributed by atoms with Crippen molar-refractivity contribution in [3.05, 3.63) is 78.1 Å². The normalized spacial score (nSPS) is 19.4. The van der Waals surface area contributed by atoms with Crippen molar-refractivity contribution in [2.45, 2.75) is 17.8 Å². The molecule has 1 saturated carbocycles. The van der Waals surface area contributed by atoms with Gasteiger partial charge in [0.05, 0.1) is 37.0 Å². The summed E-state index contributed by atoms with van der Waals surface area (Å²) in [5, 5.41) is 19.4. The second kappa shape index (κ2) is 8.11. The molecule has 190 valence electrons. The zero-order chi connectivity index (χ0) is 26.0. The van der Waals surface area contributed by atoms with Gasteiger partial charge in [-0.1, -0.05) is 12.1 Å². The first-order chi connectivity index (χ1) is 18.5. The second-order valence-corrected chi connectivity index (χ2v) is 9.91. The van der Waals surface area contributed by atoms with Gasteiger partial charge in [-0.05, 0) is 65.6 Å². The Hall–Kier alpha value is -4.79. The number of ether oxygens (including phenoxy) is 2. The van der Waals surface area contributed by atoms with Crippen molar-refractivity contribution in [3.63, 3.8) is 0 Å². The maximum Gasteiger partial charge on any atom is 0.235 e. The highest BCUT2D eigenvalue weighted by molar-refractivity contribution is 6.10. The van der Waals surface area contributed by atoms with Gasteiger partial charge in [-0.15, -0.1) is 0 Å². The Morgan fingerprint density at radius 2 is 1.95 bits per heavy atom. The van der Waals surface area contributed by atoms with E-state index in [1.54, 1.807) is 18.9 Å². The molecule has 1 fully saturated rings. The number of amides is 1. The molecule has 9 nitrogen and oxygen atoms in total. The first-order valence-corrected chi connectivity index (χ1v) is 12.4. The molecule has 0 unspecified atom stereocenters. The highest BCUT2D eigenvalue weighted by Gasteiger charge is 2.65. The van der Waals surface area contributed by atoms with Gasteiger partial charge in [-0.25, -0.2) is 0 Å². The third kappa shape index (κ3) is 3.28. The molecule has 3 heterocycles. The van der Waals surface area contributed by atoms with Gasteiger partial charge in [-0.2, -0.15) is 10.2 Å². The van der Waals surface area contributed by atoms with Crippen molar-refractivity contribution >= 4 is 34.0 Å². The molecule has 3 aromatic carbocycles. The van der Waals surface area contributed by atoms with Gasteiger partial charge in [-0.3, -0.25) is 14.6 Å². The van der Waals surface area contributed by atoms with Crippen LogP contribution in [0.3, 0.4) is 0 Å². The van der Waals surface area contributed by atoms with E-state index in [1.165, 1.54) is 0 Å². The summed E-state index contributed by atoms with van der Waals surface area (Å²) in [6, 6.07) is 18.0. The van der Waals surface area contributed by atoms with Gasteiger partial charge in [0.2, 0.25) is 5.91 Å². The Balaban J connectivity index is 1.20. The number of rotatable bonds is 6. The standard InChI is InChI=1S/C29H26N6O3/c1-35-15-18(14-30-35)16-5-9-26(38-3)25(10-16)31-27-20-7-4-17(11-24(20)33-34-27)22-13-29(22)21-12-19(37-2)6-8-23(21)32-28(29)36/h4-12,14-15,22H,13H2,1-3H3,(H,32,36)(H2,31,33,34)/t22-,29-/m0/s1. The molecule has 5 aromatic rings. The Labute approximate surface area is 218 Å². The zero-order valence-corrected chi connectivity index (χ0v) is 21.2. The SMILES string of the molecule is COc1ccc2c(c1)[C@]1(C[C@H]1c1ccc3c(Nc4cc(-c5cnn(C)c5)ccc4OC)n[nH]c3c1)C(=O)N2. The summed E-state index contributed by atoms with van der Waals surface area (Å²) >= 11 is 0. The average molecular weight is 507 g/mol. The van der Waals surface area contributed by atoms with Crippen LogP contribution in [0.2, 0.25) is 0 Å². The molecule has 3 N–H and O–H groups in total. The second-order valence-electron chi connectivity index (χ2n) is 9.91. The lowest BCUT2D eigenvalue weighted by Crippen LogP contribution is -2.21. The molecule has 7 rings (SSSR count). The number of hydrogen-bond acceptors (Lipinski definition) is 6. The number of methoxy groups -OCH3 is 2. The minimum absolute atomic E-state index is 0.0541. The number of benzene rings is 3. The number of aromatic amines is 1. The average Bonchev–Trinajstić information content (AvgIpc) is 3.17. The smallest absolute Gasteiger partial charge is 0.235 e. The Morgan fingerprint density at radius 3 is 2.74 bits per heavy atom. The summed E-state index contributed by atoms with van der Waals surface area (Å²) < 4.78 is 12.8. The summed E-state index contributed by atoms with van der Waals surface area (Å²) in [4.78, 5) is 13.1. The molecule has 38 heavy (non-hydrogen) atoms. The van der Waals surface area contributed by atoms with Gasteiger partial charge < -0.3 is 20.1 Å². The Kier molecular flexibility index (Phi) is 4.78. The van der Waals surface area contributed by atoms with E-state index < -0.39 is 5.41 Å². The van der Waals surface area contributed by atoms with Crippen molar-refractivity contribution in [3.8, 4) is 22.6 Å². The van der Waals surface area contributed by atoms with E-state index in [2.05, 4.69) is 44.1 Å². The van der Waals surface area contributed by atoms with E-state index >= 15 is 0 Å². The van der Waals surface area contributed by atoms with Gasteiger partial charge in [0.1, 0.15) is 11.5 Å². The van der Waals surface area contributed by atoms with Gasteiger partial charge in [0, 0.05) is 35.8 Å². The zero-order valence-electron chi connectivity index (χ0n) is 21.2. The lowest BCUT2D eigenvalue weighted by atomic mass is 9.91. The van der Waals surface area contributed by atoms with Gasteiger partial charge in [0.25, 0.3) is 0 Å². The molecule has 0 bridgehead atoms.